The van der Waals surface area contributed by atoms with Crippen molar-refractivity contribution in [2.45, 2.75) is 12.2 Å². The summed E-state index contributed by atoms with van der Waals surface area (Å²) in [6, 6.07) is 7.52. The van der Waals surface area contributed by atoms with Crippen molar-refractivity contribution in [3.05, 3.63) is 46.5 Å². The predicted octanol–water partition coefficient (Wildman–Crippen LogP) is 2.21. The Morgan fingerprint density at radius 1 is 0.864 bits per heavy atom. The van der Waals surface area contributed by atoms with Crippen LogP contribution in [0.25, 0.3) is 10.8 Å². The molecule has 0 bridgehead atoms. The summed E-state index contributed by atoms with van der Waals surface area (Å²) in [5.74, 6) is -0.501. The molecule has 2 atom stereocenters. The number of hydrogen-bond acceptors (Lipinski definition) is 4. The molecule has 2 aromatic rings. The van der Waals surface area contributed by atoms with Crippen LogP contribution in [0, 0.1) is 0 Å². The van der Waals surface area contributed by atoms with Crippen LogP contribution in [0.2, 0.25) is 0 Å². The van der Waals surface area contributed by atoms with E-state index in [1.165, 1.54) is 11.9 Å². The van der Waals surface area contributed by atoms with Gasteiger partial charge in [-0.05, 0) is 28.6 Å². The van der Waals surface area contributed by atoms with E-state index in [0.29, 0.717) is 24.3 Å². The van der Waals surface area contributed by atoms with Crippen molar-refractivity contribution in [2.75, 3.05) is 20.3 Å². The smallest absolute Gasteiger partial charge is 0.261 e. The lowest BCUT2D eigenvalue weighted by Crippen LogP contribution is -2.37. The molecule has 2 saturated heterocycles. The Morgan fingerprint density at radius 2 is 1.32 bits per heavy atom. The molecule has 5 nitrogen and oxygen atoms in total. The highest BCUT2D eigenvalue weighted by molar-refractivity contribution is 6.26. The Bertz CT molecular complexity index is 798. The third kappa shape index (κ3) is 1.50. The molecule has 2 fully saturated rings. The quantitative estimate of drug-likeness (QED) is 0.629. The van der Waals surface area contributed by atoms with Crippen LogP contribution in [0.4, 0.5) is 0 Å². The highest BCUT2D eigenvalue weighted by Gasteiger charge is 2.37. The Kier molecular flexibility index (Phi) is 2.21. The Balaban J connectivity index is 1.93. The topological polar surface area (TPSA) is 62.4 Å². The van der Waals surface area contributed by atoms with Crippen molar-refractivity contribution in [1.29, 1.82) is 0 Å². The van der Waals surface area contributed by atoms with Crippen molar-refractivity contribution < 1.29 is 19.1 Å². The molecule has 22 heavy (non-hydrogen) atoms. The summed E-state index contributed by atoms with van der Waals surface area (Å²) >= 11 is 0. The number of imide groups is 1. The van der Waals surface area contributed by atoms with E-state index < -0.39 is 0 Å². The monoisotopic (exact) mass is 295 g/mol. The maximum absolute atomic E-state index is 12.4. The van der Waals surface area contributed by atoms with Crippen LogP contribution in [0.3, 0.4) is 0 Å². The normalized spacial score (nSPS) is 25.8. The number of ether oxygens (including phenoxy) is 2. The van der Waals surface area contributed by atoms with Gasteiger partial charge in [0.15, 0.2) is 0 Å². The molecule has 3 heterocycles. The summed E-state index contributed by atoms with van der Waals surface area (Å²) in [5, 5.41) is 1.73. The van der Waals surface area contributed by atoms with E-state index in [-0.39, 0.29) is 24.0 Å². The fourth-order valence-electron chi connectivity index (χ4n) is 3.35. The Morgan fingerprint density at radius 3 is 1.73 bits per heavy atom. The zero-order valence-corrected chi connectivity index (χ0v) is 12.0. The largest absolute Gasteiger partial charge is 0.368 e. The zero-order valence-electron chi connectivity index (χ0n) is 12.0. The van der Waals surface area contributed by atoms with Crippen molar-refractivity contribution in [2.24, 2.45) is 0 Å². The lowest BCUT2D eigenvalue weighted by molar-refractivity contribution is 0.0650. The molecule has 5 rings (SSSR count). The number of amides is 2. The molecule has 5 heteroatoms. The van der Waals surface area contributed by atoms with Gasteiger partial charge in [0.25, 0.3) is 11.8 Å². The van der Waals surface area contributed by atoms with E-state index in [1.54, 1.807) is 0 Å². The van der Waals surface area contributed by atoms with E-state index >= 15 is 0 Å². The van der Waals surface area contributed by atoms with Crippen LogP contribution in [0.15, 0.2) is 24.3 Å². The molecule has 3 aliphatic heterocycles. The van der Waals surface area contributed by atoms with Gasteiger partial charge in [-0.1, -0.05) is 12.1 Å². The first-order chi connectivity index (χ1) is 10.7. The van der Waals surface area contributed by atoms with Gasteiger partial charge in [-0.2, -0.15) is 0 Å². The molecule has 2 amide bonds. The first kappa shape index (κ1) is 12.3. The molecule has 0 N–H and O–H groups in total. The van der Waals surface area contributed by atoms with Gasteiger partial charge in [0, 0.05) is 23.6 Å². The van der Waals surface area contributed by atoms with Gasteiger partial charge in [0.2, 0.25) is 0 Å². The summed E-state index contributed by atoms with van der Waals surface area (Å²) in [4.78, 5) is 26.1. The Labute approximate surface area is 126 Å². The van der Waals surface area contributed by atoms with Gasteiger partial charge in [-0.25, -0.2) is 0 Å². The fourth-order valence-corrected chi connectivity index (χ4v) is 3.35. The second-order valence-electron chi connectivity index (χ2n) is 5.97. The van der Waals surface area contributed by atoms with E-state index in [4.69, 9.17) is 9.47 Å². The minimum atomic E-state index is -0.250. The average molecular weight is 295 g/mol. The van der Waals surface area contributed by atoms with Crippen LogP contribution < -0.4 is 0 Å². The lowest BCUT2D eigenvalue weighted by Gasteiger charge is -2.25. The SMILES string of the molecule is CN1C(=O)c2ccc(C3CO3)c3c(C4CO4)ccc(c23)C1=O. The standard InChI is InChI=1S/C17H13NO4/c1-18-16(19)10-4-2-8(12-6-21-12)14-9(13-7-22-13)3-5-11(15(10)14)17(18)20/h2-5,12-13H,6-7H2,1H3. The van der Waals surface area contributed by atoms with Gasteiger partial charge < -0.3 is 9.47 Å². The molecule has 110 valence electrons. The molecule has 0 aliphatic carbocycles. The van der Waals surface area contributed by atoms with Crippen molar-refractivity contribution in [3.63, 3.8) is 0 Å². The van der Waals surface area contributed by atoms with E-state index in [2.05, 4.69) is 0 Å². The third-order valence-electron chi connectivity index (χ3n) is 4.66. The fraction of sp³-hybridized carbons (Fsp3) is 0.294. The highest BCUT2D eigenvalue weighted by atomic mass is 16.6. The van der Waals surface area contributed by atoms with Crippen LogP contribution >= 0.6 is 0 Å². The number of carbonyl (C=O) groups excluding carboxylic acids is 2. The minimum Gasteiger partial charge on any atom is -0.368 e. The number of carbonyl (C=O) groups is 2. The molecule has 0 spiro atoms. The minimum absolute atomic E-state index is 0.0617. The second kappa shape index (κ2) is 3.94. The summed E-state index contributed by atoms with van der Waals surface area (Å²) in [6.45, 7) is 1.37. The summed E-state index contributed by atoms with van der Waals surface area (Å²) in [5.41, 5.74) is 3.27. The average Bonchev–Trinajstić information content (AvgIpc) is 3.41. The molecule has 0 saturated carbocycles. The molecule has 2 aromatic carbocycles. The van der Waals surface area contributed by atoms with Crippen molar-refractivity contribution in [3.8, 4) is 0 Å². The molecule has 0 radical (unpaired) electrons. The number of hydrogen-bond donors (Lipinski definition) is 0. The number of nitrogens with zero attached hydrogens (tertiary/aromatic N) is 1. The van der Waals surface area contributed by atoms with Gasteiger partial charge in [0.1, 0.15) is 12.2 Å². The highest BCUT2D eigenvalue weighted by Crippen LogP contribution is 2.44. The maximum Gasteiger partial charge on any atom is 0.261 e. The van der Waals surface area contributed by atoms with Crippen LogP contribution in [0.1, 0.15) is 44.1 Å². The first-order valence-corrected chi connectivity index (χ1v) is 7.32. The summed E-state index contributed by atoms with van der Waals surface area (Å²) in [7, 11) is 1.52. The van der Waals surface area contributed by atoms with E-state index in [1.807, 2.05) is 24.3 Å². The van der Waals surface area contributed by atoms with Gasteiger partial charge in [0.05, 0.1) is 13.2 Å². The van der Waals surface area contributed by atoms with Gasteiger partial charge in [-0.3, -0.25) is 14.5 Å². The lowest BCUT2D eigenvalue weighted by atomic mass is 9.87. The zero-order chi connectivity index (χ0) is 15.0. The third-order valence-corrected chi connectivity index (χ3v) is 4.66. The van der Waals surface area contributed by atoms with Gasteiger partial charge in [-0.15, -0.1) is 0 Å². The molecule has 0 aromatic heterocycles. The summed E-state index contributed by atoms with van der Waals surface area (Å²) < 4.78 is 10.9. The van der Waals surface area contributed by atoms with Crippen LogP contribution in [-0.2, 0) is 9.47 Å². The second-order valence-corrected chi connectivity index (χ2v) is 5.97. The van der Waals surface area contributed by atoms with Crippen molar-refractivity contribution in [1.82, 2.24) is 4.90 Å². The number of epoxide rings is 2. The van der Waals surface area contributed by atoms with Crippen molar-refractivity contribution >= 4 is 22.6 Å². The van der Waals surface area contributed by atoms with E-state index in [9.17, 15) is 9.59 Å². The molecule has 3 aliphatic rings. The molecule has 2 unspecified atom stereocenters. The predicted molar refractivity (Wildman–Crippen MR) is 77.8 cm³/mol. The first-order valence-electron chi connectivity index (χ1n) is 7.32. The maximum atomic E-state index is 12.4. The van der Waals surface area contributed by atoms with Crippen LogP contribution in [0.5, 0.6) is 0 Å². The van der Waals surface area contributed by atoms with E-state index in [0.717, 1.165) is 21.9 Å². The summed E-state index contributed by atoms with van der Waals surface area (Å²) in [6.07, 6.45) is 0.123. The molecular formula is C17H13NO4. The number of rotatable bonds is 2. The van der Waals surface area contributed by atoms with Crippen LogP contribution in [-0.4, -0.2) is 37.0 Å². The number of benzene rings is 2. The van der Waals surface area contributed by atoms with Gasteiger partial charge >= 0.3 is 0 Å². The molecular weight excluding hydrogens is 282 g/mol. The Hall–Kier alpha value is -2.24.